The number of fused-ring (bicyclic) bond motifs is 6. The molecular formula is C51H34N3+. The maximum Gasteiger partial charge on any atom is 0.296 e. The summed E-state index contributed by atoms with van der Waals surface area (Å²) < 4.78 is 4.75. The number of rotatable bonds is 6. The highest BCUT2D eigenvalue weighted by Gasteiger charge is 2.47. The van der Waals surface area contributed by atoms with E-state index in [1.165, 1.54) is 55.3 Å². The highest BCUT2D eigenvalue weighted by Crippen LogP contribution is 2.57. The van der Waals surface area contributed by atoms with Gasteiger partial charge in [0.1, 0.15) is 0 Å². The van der Waals surface area contributed by atoms with Gasteiger partial charge in [0.15, 0.2) is 0 Å². The van der Waals surface area contributed by atoms with Crippen LogP contribution in [0.3, 0.4) is 0 Å². The Morgan fingerprint density at radius 1 is 0.389 bits per heavy atom. The van der Waals surface area contributed by atoms with Crippen LogP contribution in [0, 0.1) is 0 Å². The summed E-state index contributed by atoms with van der Waals surface area (Å²) in [5.74, 6) is 1.84. The number of nitrogens with zero attached hydrogens (tertiary/aromatic N) is 3. The van der Waals surface area contributed by atoms with Crippen LogP contribution in [0.5, 0.6) is 0 Å². The number of hydrogen-bond donors (Lipinski definition) is 0. The van der Waals surface area contributed by atoms with Gasteiger partial charge in [-0.05, 0) is 93.0 Å². The summed E-state index contributed by atoms with van der Waals surface area (Å²) >= 11 is 0. The molecule has 1 aliphatic carbocycles. The molecule has 0 spiro atoms. The zero-order chi connectivity index (χ0) is 35.6. The van der Waals surface area contributed by atoms with Gasteiger partial charge in [0.05, 0.1) is 27.6 Å². The number of hydrogen-bond acceptors (Lipinski definition) is 1. The molecule has 2 heterocycles. The normalized spacial score (nSPS) is 14.1. The third-order valence-electron chi connectivity index (χ3n) is 11.3. The molecule has 9 aromatic rings. The van der Waals surface area contributed by atoms with Gasteiger partial charge in [0.25, 0.3) is 11.7 Å². The molecule has 0 unspecified atom stereocenters. The minimum Gasteiger partial charge on any atom is -0.198 e. The van der Waals surface area contributed by atoms with Crippen LogP contribution in [-0.2, 0) is 5.41 Å². The second kappa shape index (κ2) is 12.0. The Labute approximate surface area is 314 Å². The maximum absolute atomic E-state index is 5.25. The molecule has 11 rings (SSSR count). The van der Waals surface area contributed by atoms with E-state index in [-0.39, 0.29) is 0 Å². The fourth-order valence-corrected chi connectivity index (χ4v) is 8.95. The van der Waals surface area contributed by atoms with E-state index in [1.807, 2.05) is 0 Å². The molecule has 2 aliphatic rings. The van der Waals surface area contributed by atoms with Gasteiger partial charge in [0.2, 0.25) is 0 Å². The van der Waals surface area contributed by atoms with Crippen LogP contribution in [-0.4, -0.2) is 21.0 Å². The molecule has 252 valence electrons. The van der Waals surface area contributed by atoms with E-state index >= 15 is 0 Å². The summed E-state index contributed by atoms with van der Waals surface area (Å²) in [5, 5.41) is 2.41. The predicted molar refractivity (Wildman–Crippen MR) is 221 cm³/mol. The van der Waals surface area contributed by atoms with Crippen LogP contribution in [0.25, 0.3) is 44.1 Å². The smallest absolute Gasteiger partial charge is 0.198 e. The molecule has 0 saturated heterocycles. The standard InChI is InChI=1S/C51H34N3/c1-6-18-35(19-7-1)38-30-31-47-43(32-38)44-33-42-41-28-16-17-29-45(41)51(39-24-12-4-13-25-39,40-26-14-5-15-27-40)46(42)34-48(44)53(47)54-49(36-20-8-2-9-21-36)52-50(54)37-22-10-3-11-23-37/h1-34H/q+1. The molecule has 0 amide bonds. The van der Waals surface area contributed by atoms with Crippen LogP contribution in [0.4, 0.5) is 0 Å². The van der Waals surface area contributed by atoms with E-state index in [9.17, 15) is 0 Å². The molecule has 0 saturated carbocycles. The van der Waals surface area contributed by atoms with Crippen molar-refractivity contribution in [1.29, 1.82) is 0 Å². The molecule has 0 fully saturated rings. The molecule has 0 bridgehead atoms. The van der Waals surface area contributed by atoms with Crippen molar-refractivity contribution in [3.63, 3.8) is 0 Å². The van der Waals surface area contributed by atoms with Crippen molar-refractivity contribution in [3.05, 3.63) is 240 Å². The van der Waals surface area contributed by atoms with E-state index in [4.69, 9.17) is 4.99 Å². The lowest BCUT2D eigenvalue weighted by Gasteiger charge is -2.34. The van der Waals surface area contributed by atoms with Gasteiger partial charge < -0.3 is 0 Å². The fraction of sp³-hybridized carbons (Fsp3) is 0.0196. The lowest BCUT2D eigenvalue weighted by molar-refractivity contribution is -0.475. The van der Waals surface area contributed by atoms with Crippen LogP contribution < -0.4 is 0 Å². The van der Waals surface area contributed by atoms with E-state index < -0.39 is 5.41 Å². The van der Waals surface area contributed by atoms with E-state index in [1.54, 1.807) is 0 Å². The highest BCUT2D eigenvalue weighted by molar-refractivity contribution is 6.17. The third-order valence-corrected chi connectivity index (χ3v) is 11.3. The van der Waals surface area contributed by atoms with Crippen LogP contribution >= 0.6 is 0 Å². The van der Waals surface area contributed by atoms with Gasteiger partial charge in [-0.1, -0.05) is 163 Å². The summed E-state index contributed by atoms with van der Waals surface area (Å²) in [5.41, 5.74) is 13.9. The molecule has 54 heavy (non-hydrogen) atoms. The number of aliphatic imine (C=N–C) groups is 1. The first kappa shape index (κ1) is 30.5. The number of benzene rings is 8. The minimum atomic E-state index is -0.517. The minimum absolute atomic E-state index is 0.517. The summed E-state index contributed by atoms with van der Waals surface area (Å²) in [6.07, 6.45) is 0. The molecule has 0 atom stereocenters. The first-order valence-electron chi connectivity index (χ1n) is 18.6. The maximum atomic E-state index is 5.25. The first-order valence-corrected chi connectivity index (χ1v) is 18.6. The lowest BCUT2D eigenvalue weighted by Crippen LogP contribution is -2.41. The molecule has 0 radical (unpaired) electrons. The molecule has 0 N–H and O–H groups in total. The van der Waals surface area contributed by atoms with Crippen molar-refractivity contribution in [2.24, 2.45) is 4.99 Å². The van der Waals surface area contributed by atoms with Crippen molar-refractivity contribution in [2.75, 3.05) is 0 Å². The van der Waals surface area contributed by atoms with Crippen molar-refractivity contribution in [2.45, 2.75) is 5.41 Å². The zero-order valence-electron chi connectivity index (χ0n) is 29.5. The van der Waals surface area contributed by atoms with Crippen LogP contribution in [0.15, 0.2) is 211 Å². The van der Waals surface area contributed by atoms with Crippen molar-refractivity contribution in [3.8, 4) is 22.3 Å². The molecule has 3 nitrogen and oxygen atoms in total. The van der Waals surface area contributed by atoms with E-state index in [0.717, 1.165) is 33.8 Å². The van der Waals surface area contributed by atoms with E-state index in [2.05, 4.69) is 216 Å². The monoisotopic (exact) mass is 688 g/mol. The topological polar surface area (TPSA) is 20.3 Å². The highest BCUT2D eigenvalue weighted by atomic mass is 15.6. The van der Waals surface area contributed by atoms with Crippen LogP contribution in [0.2, 0.25) is 0 Å². The molecular weight excluding hydrogens is 655 g/mol. The number of aromatic nitrogens is 1. The summed E-state index contributed by atoms with van der Waals surface area (Å²) in [6, 6.07) is 74.8. The Hall–Kier alpha value is -7.10. The van der Waals surface area contributed by atoms with Gasteiger partial charge >= 0.3 is 0 Å². The van der Waals surface area contributed by atoms with Gasteiger partial charge in [-0.3, -0.25) is 0 Å². The Bertz CT molecular complexity index is 2900. The van der Waals surface area contributed by atoms with E-state index in [0.29, 0.717) is 0 Å². The van der Waals surface area contributed by atoms with Gasteiger partial charge in [-0.15, -0.1) is 4.68 Å². The van der Waals surface area contributed by atoms with Gasteiger partial charge in [-0.2, -0.15) is 4.68 Å². The van der Waals surface area contributed by atoms with Crippen LogP contribution in [0.1, 0.15) is 33.4 Å². The largest absolute Gasteiger partial charge is 0.296 e. The van der Waals surface area contributed by atoms with Gasteiger partial charge in [0, 0.05) is 10.8 Å². The van der Waals surface area contributed by atoms with Crippen molar-refractivity contribution < 1.29 is 4.68 Å². The second-order valence-corrected chi connectivity index (χ2v) is 14.2. The second-order valence-electron chi connectivity index (χ2n) is 14.2. The summed E-state index contributed by atoms with van der Waals surface area (Å²) in [7, 11) is 0. The molecule has 1 aliphatic heterocycles. The molecule has 1 aromatic heterocycles. The first-order chi connectivity index (χ1) is 26.8. The lowest BCUT2D eigenvalue weighted by atomic mass is 9.67. The summed E-state index contributed by atoms with van der Waals surface area (Å²) in [6.45, 7) is 0. The predicted octanol–water partition coefficient (Wildman–Crippen LogP) is 11.5. The molecule has 3 heteroatoms. The van der Waals surface area contributed by atoms with Crippen molar-refractivity contribution in [1.82, 2.24) is 4.68 Å². The Morgan fingerprint density at radius 2 is 0.926 bits per heavy atom. The summed E-state index contributed by atoms with van der Waals surface area (Å²) in [4.78, 5) is 5.25. The average molecular weight is 689 g/mol. The Kier molecular flexibility index (Phi) is 6.77. The fourth-order valence-electron chi connectivity index (χ4n) is 8.95. The zero-order valence-corrected chi connectivity index (χ0v) is 29.5. The SMILES string of the molecule is c1ccc(C2=NC(c3ccccc3)=[N+]2n2c3ccc(-c4ccccc4)cc3c3cc4c(cc32)C(c2ccccc2)(c2ccccc2)c2ccccc2-4)cc1. The number of amidine groups is 2. The molecule has 8 aromatic carbocycles. The van der Waals surface area contributed by atoms with Gasteiger partial charge in [-0.25, -0.2) is 0 Å². The Morgan fingerprint density at radius 3 is 1.57 bits per heavy atom. The van der Waals surface area contributed by atoms with Crippen molar-refractivity contribution >= 4 is 33.5 Å². The third kappa shape index (κ3) is 4.36. The Balaban J connectivity index is 1.29. The quantitative estimate of drug-likeness (QED) is 0.155. The average Bonchev–Trinajstić information content (AvgIpc) is 3.70.